The molecule has 0 aliphatic heterocycles. The van der Waals surface area contributed by atoms with E-state index in [-0.39, 0.29) is 18.1 Å². The molecule has 4 N–H and O–H groups in total. The molecule has 0 aliphatic carbocycles. The number of hydrogen-bond donors (Lipinski definition) is 3. The van der Waals surface area contributed by atoms with Crippen LogP contribution >= 0.6 is 0 Å². The SMILES string of the molecule is C#CC(O)(c1ccc2c(N)ncnn12)[C@H](OCCCC)[C@H](OCCCC)[C@H](O)COCCCC. The molecule has 190 valence electrons. The van der Waals surface area contributed by atoms with Crippen LogP contribution in [0.15, 0.2) is 18.5 Å². The predicted molar refractivity (Wildman–Crippen MR) is 131 cm³/mol. The molecule has 2 aromatic heterocycles. The van der Waals surface area contributed by atoms with Crippen LogP contribution < -0.4 is 5.73 Å². The Balaban J connectivity index is 2.47. The molecule has 0 bridgehead atoms. The second-order valence-corrected chi connectivity index (χ2v) is 8.40. The maximum absolute atomic E-state index is 11.9. The number of unbranched alkanes of at least 4 members (excludes halogenated alkanes) is 3. The van der Waals surface area contributed by atoms with Crippen molar-refractivity contribution in [2.75, 3.05) is 32.2 Å². The zero-order valence-electron chi connectivity index (χ0n) is 20.7. The van der Waals surface area contributed by atoms with Crippen molar-refractivity contribution >= 4 is 11.3 Å². The van der Waals surface area contributed by atoms with E-state index in [1.807, 2.05) is 13.8 Å². The van der Waals surface area contributed by atoms with Gasteiger partial charge in [0.15, 0.2) is 11.4 Å². The molecule has 0 saturated heterocycles. The third-order valence-electron chi connectivity index (χ3n) is 5.72. The average Bonchev–Trinajstić information content (AvgIpc) is 3.29. The first-order chi connectivity index (χ1) is 16.4. The standard InChI is InChI=1S/C25H40N4O5/c1-5-9-14-32-17-20(30)22(33-15-10-6-2)23(34-16-11-7-3)25(31,8-4)21-13-12-19-24(26)27-18-28-29(19)21/h4,12-13,18,20,22-23,30-31H,5-7,9-11,14-17H2,1-3H3,(H2,26,27,28)/t20-,22-,23-,25?/m1/s1. The average molecular weight is 477 g/mol. The van der Waals surface area contributed by atoms with E-state index in [2.05, 4.69) is 22.9 Å². The fourth-order valence-corrected chi connectivity index (χ4v) is 3.66. The number of nitrogen functional groups attached to an aromatic ring is 1. The summed E-state index contributed by atoms with van der Waals surface area (Å²) in [6.45, 7) is 7.43. The summed E-state index contributed by atoms with van der Waals surface area (Å²) in [5.41, 5.74) is 4.80. The van der Waals surface area contributed by atoms with E-state index in [1.165, 1.54) is 10.8 Å². The molecule has 2 rings (SSSR count). The number of rotatable bonds is 17. The summed E-state index contributed by atoms with van der Waals surface area (Å²) in [6, 6.07) is 3.33. The quantitative estimate of drug-likeness (QED) is 0.235. The summed E-state index contributed by atoms with van der Waals surface area (Å²) in [5, 5.41) is 27.2. The lowest BCUT2D eigenvalue weighted by molar-refractivity contribution is -0.188. The van der Waals surface area contributed by atoms with Crippen LogP contribution in [0.3, 0.4) is 0 Å². The molecule has 34 heavy (non-hydrogen) atoms. The van der Waals surface area contributed by atoms with Gasteiger partial charge in [-0.1, -0.05) is 46.0 Å². The molecule has 0 amide bonds. The highest BCUT2D eigenvalue weighted by Crippen LogP contribution is 2.33. The summed E-state index contributed by atoms with van der Waals surface area (Å²) < 4.78 is 19.4. The first-order valence-corrected chi connectivity index (χ1v) is 12.2. The first kappa shape index (κ1) is 28.0. The van der Waals surface area contributed by atoms with E-state index in [1.54, 1.807) is 12.1 Å². The van der Waals surface area contributed by atoms with Crippen LogP contribution in [0, 0.1) is 12.3 Å². The van der Waals surface area contributed by atoms with Gasteiger partial charge in [-0.05, 0) is 31.4 Å². The van der Waals surface area contributed by atoms with Gasteiger partial charge in [0.05, 0.1) is 12.3 Å². The van der Waals surface area contributed by atoms with Crippen molar-refractivity contribution in [2.45, 2.75) is 83.2 Å². The van der Waals surface area contributed by atoms with E-state index >= 15 is 0 Å². The van der Waals surface area contributed by atoms with E-state index < -0.39 is 23.9 Å². The summed E-state index contributed by atoms with van der Waals surface area (Å²) in [5.74, 6) is 2.75. The molecule has 0 radical (unpaired) electrons. The Hall–Kier alpha value is -2.22. The van der Waals surface area contributed by atoms with Gasteiger partial charge in [0.2, 0.25) is 0 Å². The smallest absolute Gasteiger partial charge is 0.196 e. The van der Waals surface area contributed by atoms with E-state index in [0.717, 1.165) is 38.5 Å². The third-order valence-corrected chi connectivity index (χ3v) is 5.72. The van der Waals surface area contributed by atoms with Crippen molar-refractivity contribution in [1.29, 1.82) is 0 Å². The van der Waals surface area contributed by atoms with Crippen molar-refractivity contribution in [3.8, 4) is 12.3 Å². The van der Waals surface area contributed by atoms with Crippen LogP contribution in [0.4, 0.5) is 5.82 Å². The summed E-state index contributed by atoms with van der Waals surface area (Å²) >= 11 is 0. The van der Waals surface area contributed by atoms with Crippen LogP contribution in [-0.4, -0.2) is 69.6 Å². The van der Waals surface area contributed by atoms with Crippen molar-refractivity contribution in [3.05, 3.63) is 24.2 Å². The fourth-order valence-electron chi connectivity index (χ4n) is 3.66. The largest absolute Gasteiger partial charge is 0.388 e. The van der Waals surface area contributed by atoms with Gasteiger partial charge in [0, 0.05) is 19.8 Å². The van der Waals surface area contributed by atoms with Crippen molar-refractivity contribution in [1.82, 2.24) is 14.6 Å². The van der Waals surface area contributed by atoms with Gasteiger partial charge in [-0.3, -0.25) is 0 Å². The number of anilines is 1. The third kappa shape index (κ3) is 6.90. The molecule has 2 heterocycles. The molecule has 9 heteroatoms. The Kier molecular flexibility index (Phi) is 11.7. The summed E-state index contributed by atoms with van der Waals surface area (Å²) in [6.07, 6.45) is 9.36. The highest BCUT2D eigenvalue weighted by Gasteiger charge is 2.48. The van der Waals surface area contributed by atoms with Gasteiger partial charge in [-0.2, -0.15) is 5.10 Å². The van der Waals surface area contributed by atoms with E-state index in [0.29, 0.717) is 25.3 Å². The monoisotopic (exact) mass is 476 g/mol. The lowest BCUT2D eigenvalue weighted by Crippen LogP contribution is -2.55. The molecule has 0 fully saturated rings. The molecular formula is C25H40N4O5. The fraction of sp³-hybridized carbons (Fsp3) is 0.680. The minimum Gasteiger partial charge on any atom is -0.388 e. The Morgan fingerprint density at radius 1 is 1.09 bits per heavy atom. The number of nitrogens with two attached hydrogens (primary N) is 1. The number of ether oxygens (including phenoxy) is 3. The van der Waals surface area contributed by atoms with Gasteiger partial charge >= 0.3 is 0 Å². The number of fused-ring (bicyclic) bond motifs is 1. The Labute approximate surface area is 202 Å². The Bertz CT molecular complexity index is 899. The Morgan fingerprint density at radius 2 is 1.74 bits per heavy atom. The van der Waals surface area contributed by atoms with Crippen molar-refractivity contribution in [2.24, 2.45) is 0 Å². The van der Waals surface area contributed by atoms with Gasteiger partial charge in [0.25, 0.3) is 0 Å². The number of terminal acetylenes is 1. The highest BCUT2D eigenvalue weighted by atomic mass is 16.6. The van der Waals surface area contributed by atoms with E-state index in [9.17, 15) is 10.2 Å². The van der Waals surface area contributed by atoms with Crippen LogP contribution in [0.5, 0.6) is 0 Å². The lowest BCUT2D eigenvalue weighted by atomic mass is 9.87. The zero-order valence-corrected chi connectivity index (χ0v) is 20.7. The maximum atomic E-state index is 11.9. The number of aliphatic hydroxyl groups is 2. The summed E-state index contributed by atoms with van der Waals surface area (Å²) in [7, 11) is 0. The molecule has 4 atom stereocenters. The molecule has 0 saturated carbocycles. The molecule has 2 aromatic rings. The van der Waals surface area contributed by atoms with Gasteiger partial charge in [-0.15, -0.1) is 6.42 Å². The summed E-state index contributed by atoms with van der Waals surface area (Å²) in [4.78, 5) is 4.00. The van der Waals surface area contributed by atoms with Crippen molar-refractivity contribution in [3.63, 3.8) is 0 Å². The van der Waals surface area contributed by atoms with Gasteiger partial charge < -0.3 is 30.2 Å². The number of aromatic nitrogens is 3. The second-order valence-electron chi connectivity index (χ2n) is 8.40. The van der Waals surface area contributed by atoms with Crippen LogP contribution in [-0.2, 0) is 19.8 Å². The molecule has 1 unspecified atom stereocenters. The number of hydrogen-bond acceptors (Lipinski definition) is 8. The lowest BCUT2D eigenvalue weighted by Gasteiger charge is -2.38. The second kappa shape index (κ2) is 14.2. The predicted octanol–water partition coefficient (Wildman–Crippen LogP) is 2.68. The molecule has 0 aliphatic rings. The minimum absolute atomic E-state index is 0.0368. The normalized spacial score (nSPS) is 16.1. The molecular weight excluding hydrogens is 436 g/mol. The van der Waals surface area contributed by atoms with Crippen LogP contribution in [0.25, 0.3) is 5.52 Å². The highest BCUT2D eigenvalue weighted by molar-refractivity contribution is 5.66. The van der Waals surface area contributed by atoms with Gasteiger partial charge in [-0.25, -0.2) is 9.50 Å². The zero-order chi connectivity index (χ0) is 25.0. The maximum Gasteiger partial charge on any atom is 0.196 e. The van der Waals surface area contributed by atoms with E-state index in [4.69, 9.17) is 26.4 Å². The van der Waals surface area contributed by atoms with Gasteiger partial charge in [0.1, 0.15) is 30.2 Å². The van der Waals surface area contributed by atoms with Crippen molar-refractivity contribution < 1.29 is 24.4 Å². The Morgan fingerprint density at radius 3 is 2.38 bits per heavy atom. The first-order valence-electron chi connectivity index (χ1n) is 12.2. The molecule has 0 aromatic carbocycles. The topological polar surface area (TPSA) is 124 Å². The van der Waals surface area contributed by atoms with Crippen LogP contribution in [0.2, 0.25) is 0 Å². The molecule has 0 spiro atoms. The number of aliphatic hydroxyl groups excluding tert-OH is 1. The van der Waals surface area contributed by atoms with Crippen LogP contribution in [0.1, 0.15) is 65.0 Å². The molecule has 9 nitrogen and oxygen atoms in total. The minimum atomic E-state index is -1.97. The number of nitrogens with zero attached hydrogens (tertiary/aromatic N) is 3.